The molecule has 1 aliphatic heterocycles. The van der Waals surface area contributed by atoms with E-state index in [0.29, 0.717) is 19.4 Å². The molecular formula is C15H20N2O2. The monoisotopic (exact) mass is 260 g/mol. The highest BCUT2D eigenvalue weighted by molar-refractivity contribution is 5.96. The molecule has 0 bridgehead atoms. The van der Waals surface area contributed by atoms with Crippen LogP contribution in [0.2, 0.25) is 0 Å². The van der Waals surface area contributed by atoms with Gasteiger partial charge in [-0.3, -0.25) is 14.5 Å². The number of likely N-dealkylation sites (tertiary alicyclic amines) is 1. The number of carbonyl (C=O) groups excluding carboxylic acids is 2. The van der Waals surface area contributed by atoms with Crippen molar-refractivity contribution in [2.45, 2.75) is 32.2 Å². The number of rotatable bonds is 4. The van der Waals surface area contributed by atoms with Crippen LogP contribution in [0, 0.1) is 0 Å². The molecule has 0 N–H and O–H groups in total. The molecule has 0 saturated carbocycles. The third kappa shape index (κ3) is 3.13. The van der Waals surface area contributed by atoms with Crippen molar-refractivity contribution in [3.63, 3.8) is 0 Å². The van der Waals surface area contributed by atoms with Gasteiger partial charge in [-0.15, -0.1) is 0 Å². The summed E-state index contributed by atoms with van der Waals surface area (Å²) in [6.45, 7) is 2.59. The highest BCUT2D eigenvalue weighted by Crippen LogP contribution is 2.18. The number of para-hydroxylation sites is 1. The van der Waals surface area contributed by atoms with Gasteiger partial charge in [-0.2, -0.15) is 0 Å². The maximum atomic E-state index is 12.1. The van der Waals surface area contributed by atoms with E-state index in [1.54, 1.807) is 0 Å². The van der Waals surface area contributed by atoms with E-state index in [1.165, 1.54) is 4.90 Å². The lowest BCUT2D eigenvalue weighted by molar-refractivity contribution is -0.141. The van der Waals surface area contributed by atoms with Crippen molar-refractivity contribution >= 4 is 17.5 Å². The van der Waals surface area contributed by atoms with E-state index in [1.807, 2.05) is 44.3 Å². The second-order valence-corrected chi connectivity index (χ2v) is 5.04. The molecule has 1 aliphatic rings. The number of benzene rings is 1. The van der Waals surface area contributed by atoms with E-state index in [0.717, 1.165) is 12.1 Å². The molecule has 102 valence electrons. The van der Waals surface area contributed by atoms with Crippen molar-refractivity contribution in [1.82, 2.24) is 4.90 Å². The molecule has 1 atom stereocenters. The predicted molar refractivity (Wildman–Crippen MR) is 74.9 cm³/mol. The van der Waals surface area contributed by atoms with Crippen molar-refractivity contribution in [3.05, 3.63) is 30.3 Å². The van der Waals surface area contributed by atoms with Gasteiger partial charge in [0.15, 0.2) is 0 Å². The molecule has 1 aromatic carbocycles. The standard InChI is InChI=1S/C15H20N2O2/c1-12(16(2)13-7-4-3-5-8-13)11-15(19)17-10-6-9-14(17)18/h3-5,7-8,12H,6,9-11H2,1-2H3/t12-/m0/s1. The molecular weight excluding hydrogens is 240 g/mol. The SMILES string of the molecule is C[C@@H](CC(=O)N1CCCC1=O)N(C)c1ccccc1. The van der Waals surface area contributed by atoms with Crippen molar-refractivity contribution in [3.8, 4) is 0 Å². The quantitative estimate of drug-likeness (QED) is 0.832. The maximum Gasteiger partial charge on any atom is 0.231 e. The molecule has 1 heterocycles. The molecule has 4 heteroatoms. The van der Waals surface area contributed by atoms with Crippen LogP contribution in [0.4, 0.5) is 5.69 Å². The predicted octanol–water partition coefficient (Wildman–Crippen LogP) is 2.05. The van der Waals surface area contributed by atoms with Gasteiger partial charge < -0.3 is 4.90 Å². The van der Waals surface area contributed by atoms with Crippen molar-refractivity contribution < 1.29 is 9.59 Å². The fourth-order valence-electron chi connectivity index (χ4n) is 2.33. The Morgan fingerprint density at radius 2 is 2.05 bits per heavy atom. The molecule has 0 aromatic heterocycles. The molecule has 0 spiro atoms. The third-order valence-corrected chi connectivity index (χ3v) is 3.67. The Morgan fingerprint density at radius 3 is 2.63 bits per heavy atom. The van der Waals surface area contributed by atoms with Gasteiger partial charge in [0.1, 0.15) is 0 Å². The highest BCUT2D eigenvalue weighted by atomic mass is 16.2. The third-order valence-electron chi connectivity index (χ3n) is 3.67. The molecule has 0 aliphatic carbocycles. The lowest BCUT2D eigenvalue weighted by Gasteiger charge is -2.27. The lowest BCUT2D eigenvalue weighted by Crippen LogP contribution is -2.38. The van der Waals surface area contributed by atoms with Gasteiger partial charge in [-0.25, -0.2) is 0 Å². The number of amides is 2. The summed E-state index contributed by atoms with van der Waals surface area (Å²) in [5.41, 5.74) is 1.08. The van der Waals surface area contributed by atoms with E-state index < -0.39 is 0 Å². The smallest absolute Gasteiger partial charge is 0.231 e. The summed E-state index contributed by atoms with van der Waals surface area (Å²) in [4.78, 5) is 27.1. The van der Waals surface area contributed by atoms with Crippen LogP contribution in [-0.2, 0) is 9.59 Å². The second-order valence-electron chi connectivity index (χ2n) is 5.04. The molecule has 2 rings (SSSR count). The number of hydrogen-bond donors (Lipinski definition) is 0. The van der Waals surface area contributed by atoms with Crippen LogP contribution in [0.25, 0.3) is 0 Å². The summed E-state index contributed by atoms with van der Waals surface area (Å²) in [7, 11) is 1.97. The Morgan fingerprint density at radius 1 is 1.37 bits per heavy atom. The van der Waals surface area contributed by atoms with Crippen LogP contribution < -0.4 is 4.90 Å². The Labute approximate surface area is 114 Å². The molecule has 2 amide bonds. The fourth-order valence-corrected chi connectivity index (χ4v) is 2.33. The first kappa shape index (κ1) is 13.6. The minimum atomic E-state index is -0.0576. The van der Waals surface area contributed by atoms with Crippen molar-refractivity contribution in [2.24, 2.45) is 0 Å². The number of carbonyl (C=O) groups is 2. The molecule has 1 saturated heterocycles. The van der Waals surface area contributed by atoms with E-state index >= 15 is 0 Å². The van der Waals surface area contributed by atoms with Crippen LogP contribution in [-0.4, -0.2) is 36.3 Å². The van der Waals surface area contributed by atoms with Gasteiger partial charge in [0.2, 0.25) is 11.8 Å². The van der Waals surface area contributed by atoms with Gasteiger partial charge >= 0.3 is 0 Å². The molecule has 1 aromatic rings. The van der Waals surface area contributed by atoms with Gasteiger partial charge in [-0.1, -0.05) is 18.2 Å². The van der Waals surface area contributed by atoms with Crippen LogP contribution >= 0.6 is 0 Å². The summed E-state index contributed by atoms with van der Waals surface area (Å²) < 4.78 is 0. The molecule has 1 fully saturated rings. The van der Waals surface area contributed by atoms with Gasteiger partial charge in [0.25, 0.3) is 0 Å². The number of imide groups is 1. The van der Waals surface area contributed by atoms with Crippen LogP contribution in [0.5, 0.6) is 0 Å². The summed E-state index contributed by atoms with van der Waals surface area (Å²) >= 11 is 0. The summed E-state index contributed by atoms with van der Waals surface area (Å²) in [6, 6.07) is 10.0. The Hall–Kier alpha value is -1.84. The van der Waals surface area contributed by atoms with Gasteiger partial charge in [0, 0.05) is 38.2 Å². The number of hydrogen-bond acceptors (Lipinski definition) is 3. The minimum absolute atomic E-state index is 0.0282. The molecule has 0 unspecified atom stereocenters. The lowest BCUT2D eigenvalue weighted by atomic mass is 10.1. The first-order valence-electron chi connectivity index (χ1n) is 6.70. The first-order chi connectivity index (χ1) is 9.09. The van der Waals surface area contributed by atoms with E-state index in [4.69, 9.17) is 0 Å². The zero-order valence-corrected chi connectivity index (χ0v) is 11.5. The largest absolute Gasteiger partial charge is 0.371 e. The molecule has 19 heavy (non-hydrogen) atoms. The van der Waals surface area contributed by atoms with E-state index in [9.17, 15) is 9.59 Å². The topological polar surface area (TPSA) is 40.6 Å². The normalized spacial score (nSPS) is 16.5. The Kier molecular flexibility index (Phi) is 4.20. The summed E-state index contributed by atoms with van der Waals surface area (Å²) in [5.74, 6) is -0.0858. The first-order valence-corrected chi connectivity index (χ1v) is 6.70. The van der Waals surface area contributed by atoms with Crippen molar-refractivity contribution in [2.75, 3.05) is 18.5 Å². The van der Waals surface area contributed by atoms with E-state index in [-0.39, 0.29) is 17.9 Å². The average Bonchev–Trinajstić information content (AvgIpc) is 2.85. The summed E-state index contributed by atoms with van der Waals surface area (Å²) in [5, 5.41) is 0. The van der Waals surface area contributed by atoms with Crippen LogP contribution in [0.3, 0.4) is 0 Å². The summed E-state index contributed by atoms with van der Waals surface area (Å²) in [6.07, 6.45) is 1.68. The Bertz CT molecular complexity index is 458. The second kappa shape index (κ2) is 5.87. The van der Waals surface area contributed by atoms with Gasteiger partial charge in [0.05, 0.1) is 0 Å². The Balaban J connectivity index is 1.95. The van der Waals surface area contributed by atoms with Gasteiger partial charge in [-0.05, 0) is 25.5 Å². The maximum absolute atomic E-state index is 12.1. The molecule has 4 nitrogen and oxygen atoms in total. The van der Waals surface area contributed by atoms with Crippen LogP contribution in [0.15, 0.2) is 30.3 Å². The molecule has 0 radical (unpaired) electrons. The van der Waals surface area contributed by atoms with Crippen LogP contribution in [0.1, 0.15) is 26.2 Å². The average molecular weight is 260 g/mol. The number of anilines is 1. The zero-order chi connectivity index (χ0) is 13.8. The highest BCUT2D eigenvalue weighted by Gasteiger charge is 2.27. The van der Waals surface area contributed by atoms with E-state index in [2.05, 4.69) is 4.90 Å². The van der Waals surface area contributed by atoms with Crippen molar-refractivity contribution in [1.29, 1.82) is 0 Å². The number of nitrogens with zero attached hydrogens (tertiary/aromatic N) is 2. The minimum Gasteiger partial charge on any atom is -0.371 e. The fraction of sp³-hybridized carbons (Fsp3) is 0.467. The zero-order valence-electron chi connectivity index (χ0n) is 11.5.